The van der Waals surface area contributed by atoms with Crippen molar-refractivity contribution in [3.63, 3.8) is 0 Å². The Hall–Kier alpha value is -3.21. The number of imidazole rings is 1. The van der Waals surface area contributed by atoms with Crippen molar-refractivity contribution in [3.05, 3.63) is 46.7 Å². The fourth-order valence-corrected chi connectivity index (χ4v) is 5.37. The van der Waals surface area contributed by atoms with Crippen LogP contribution < -0.4 is 10.2 Å². The number of fused-ring (bicyclic) bond motifs is 1. The highest BCUT2D eigenvalue weighted by Gasteiger charge is 2.54. The van der Waals surface area contributed by atoms with E-state index in [0.29, 0.717) is 36.9 Å². The quantitative estimate of drug-likeness (QED) is 0.594. The molecule has 34 heavy (non-hydrogen) atoms. The van der Waals surface area contributed by atoms with E-state index in [9.17, 15) is 18.4 Å². The molecule has 2 fully saturated rings. The number of aromatic nitrogens is 2. The molecule has 0 unspecified atom stereocenters. The van der Waals surface area contributed by atoms with E-state index in [1.807, 2.05) is 25.7 Å². The number of halogens is 2. The molecule has 3 aromatic rings. The second-order valence-electron chi connectivity index (χ2n) is 10.1. The van der Waals surface area contributed by atoms with Gasteiger partial charge >= 0.3 is 6.09 Å². The molecule has 0 radical (unpaired) electrons. The molecule has 0 aromatic carbocycles. The van der Waals surface area contributed by atoms with Crippen LogP contribution in [0.15, 0.2) is 24.5 Å². The average molecular weight is 490 g/mol. The van der Waals surface area contributed by atoms with Crippen molar-refractivity contribution in [1.29, 1.82) is 0 Å². The first kappa shape index (κ1) is 22.6. The second-order valence-corrected chi connectivity index (χ2v) is 11.1. The molecule has 2 aliphatic rings. The topological polar surface area (TPSA) is 79.2 Å². The monoisotopic (exact) mass is 489 g/mol. The van der Waals surface area contributed by atoms with E-state index in [0.717, 1.165) is 17.4 Å². The van der Waals surface area contributed by atoms with E-state index in [4.69, 9.17) is 4.74 Å². The van der Waals surface area contributed by atoms with E-state index in [1.165, 1.54) is 16.7 Å². The Morgan fingerprint density at radius 3 is 2.50 bits per heavy atom. The van der Waals surface area contributed by atoms with E-state index in [1.54, 1.807) is 18.0 Å². The Bertz CT molecular complexity index is 1300. The molecule has 0 aliphatic carbocycles. The van der Waals surface area contributed by atoms with Gasteiger partial charge in [-0.05, 0) is 27.7 Å². The van der Waals surface area contributed by atoms with Crippen molar-refractivity contribution in [3.8, 4) is 0 Å². The lowest BCUT2D eigenvalue weighted by atomic mass is 9.73. The summed E-state index contributed by atoms with van der Waals surface area (Å²) in [7, 11) is 0. The fraction of sp³-hybridized carbons (Fsp3) is 0.435. The van der Waals surface area contributed by atoms with Crippen molar-refractivity contribution in [2.75, 3.05) is 36.4 Å². The van der Waals surface area contributed by atoms with E-state index >= 15 is 0 Å². The number of amides is 2. The highest BCUT2D eigenvalue weighted by molar-refractivity contribution is 7.18. The third kappa shape index (κ3) is 4.08. The van der Waals surface area contributed by atoms with Crippen molar-refractivity contribution < 1.29 is 23.1 Å². The Morgan fingerprint density at radius 1 is 1.12 bits per heavy atom. The number of thiophene rings is 1. The highest BCUT2D eigenvalue weighted by Crippen LogP contribution is 2.44. The largest absolute Gasteiger partial charge is 0.444 e. The molecule has 5 heterocycles. The maximum Gasteiger partial charge on any atom is 0.410 e. The van der Waals surface area contributed by atoms with Crippen LogP contribution in [0.5, 0.6) is 0 Å². The van der Waals surface area contributed by atoms with Gasteiger partial charge in [-0.15, -0.1) is 11.3 Å². The number of anilines is 2. The number of carbonyl (C=O) groups is 2. The smallest absolute Gasteiger partial charge is 0.410 e. The number of ether oxygens (including phenoxy) is 1. The van der Waals surface area contributed by atoms with Gasteiger partial charge in [0.25, 0.3) is 5.91 Å². The molecular formula is C23H25F2N5O3S. The van der Waals surface area contributed by atoms with Gasteiger partial charge in [-0.2, -0.15) is 0 Å². The van der Waals surface area contributed by atoms with Crippen molar-refractivity contribution in [2.24, 2.45) is 5.41 Å². The molecule has 2 aliphatic heterocycles. The summed E-state index contributed by atoms with van der Waals surface area (Å²) < 4.78 is 35.8. The van der Waals surface area contributed by atoms with Crippen LogP contribution in [0.3, 0.4) is 0 Å². The molecule has 8 nitrogen and oxygen atoms in total. The van der Waals surface area contributed by atoms with Gasteiger partial charge in [-0.25, -0.2) is 18.6 Å². The number of likely N-dealkylation sites (tertiary alicyclic amines) is 1. The molecular weight excluding hydrogens is 464 g/mol. The standard InChI is InChI=1S/C23H25F2N5O3S/c1-13-7-28-8-14(5-16(25)19(28)26-13)27-20(31)18-15(24)6-17(34-18)29-9-23(10-29)11-30(12-23)21(32)33-22(2,3)4/h5-8H,9-12H2,1-4H3,(H,27,31). The molecule has 180 valence electrons. The summed E-state index contributed by atoms with van der Waals surface area (Å²) in [6.45, 7) is 9.78. The number of nitrogens with zero attached hydrogens (tertiary/aromatic N) is 4. The van der Waals surface area contributed by atoms with Crippen LogP contribution in [-0.4, -0.2) is 58.1 Å². The molecule has 1 N–H and O–H groups in total. The predicted octanol–water partition coefficient (Wildman–Crippen LogP) is 4.29. The van der Waals surface area contributed by atoms with E-state index in [2.05, 4.69) is 10.3 Å². The minimum absolute atomic E-state index is 0.0182. The van der Waals surface area contributed by atoms with Crippen LogP contribution >= 0.6 is 11.3 Å². The van der Waals surface area contributed by atoms with Gasteiger partial charge in [0, 0.05) is 56.1 Å². The molecule has 0 saturated carbocycles. The van der Waals surface area contributed by atoms with Gasteiger partial charge in [-0.3, -0.25) is 4.79 Å². The summed E-state index contributed by atoms with van der Waals surface area (Å²) in [5.74, 6) is -1.84. The van der Waals surface area contributed by atoms with Crippen LogP contribution in [0.1, 0.15) is 36.1 Å². The number of hydrogen-bond donors (Lipinski definition) is 1. The first-order valence-corrected chi connectivity index (χ1v) is 11.7. The predicted molar refractivity (Wildman–Crippen MR) is 125 cm³/mol. The van der Waals surface area contributed by atoms with Crippen LogP contribution in [0, 0.1) is 24.0 Å². The van der Waals surface area contributed by atoms with E-state index in [-0.39, 0.29) is 27.7 Å². The van der Waals surface area contributed by atoms with Crippen molar-refractivity contribution in [1.82, 2.24) is 14.3 Å². The fourth-order valence-electron chi connectivity index (χ4n) is 4.44. The molecule has 11 heteroatoms. The lowest BCUT2D eigenvalue weighted by molar-refractivity contribution is -0.0451. The molecule has 1 spiro atoms. The lowest BCUT2D eigenvalue weighted by Crippen LogP contribution is -2.73. The number of aryl methyl sites for hydroxylation is 1. The zero-order chi connectivity index (χ0) is 24.4. The van der Waals surface area contributed by atoms with Gasteiger partial charge < -0.3 is 24.3 Å². The van der Waals surface area contributed by atoms with Crippen LogP contribution in [0.4, 0.5) is 24.3 Å². The summed E-state index contributed by atoms with van der Waals surface area (Å²) in [6.07, 6.45) is 2.86. The minimum atomic E-state index is -0.640. The number of rotatable bonds is 3. The zero-order valence-electron chi connectivity index (χ0n) is 19.3. The van der Waals surface area contributed by atoms with Crippen molar-refractivity contribution in [2.45, 2.75) is 33.3 Å². The Kier molecular flexibility index (Phi) is 5.08. The van der Waals surface area contributed by atoms with Gasteiger partial charge in [0.15, 0.2) is 11.5 Å². The third-order valence-electron chi connectivity index (χ3n) is 5.83. The second kappa shape index (κ2) is 7.66. The first-order chi connectivity index (χ1) is 15.9. The third-order valence-corrected chi connectivity index (χ3v) is 7.00. The average Bonchev–Trinajstić information content (AvgIpc) is 3.20. The lowest BCUT2D eigenvalue weighted by Gasteiger charge is -2.60. The van der Waals surface area contributed by atoms with Gasteiger partial charge in [0.05, 0.1) is 16.4 Å². The summed E-state index contributed by atoms with van der Waals surface area (Å²) in [5, 5.41) is 3.22. The first-order valence-electron chi connectivity index (χ1n) is 10.9. The number of nitrogens with one attached hydrogen (secondary N) is 1. The highest BCUT2D eigenvalue weighted by atomic mass is 32.1. The molecule has 3 aromatic heterocycles. The molecule has 0 bridgehead atoms. The Balaban J connectivity index is 1.21. The summed E-state index contributed by atoms with van der Waals surface area (Å²) in [6, 6.07) is 2.51. The maximum atomic E-state index is 14.6. The number of hydrogen-bond acceptors (Lipinski definition) is 6. The maximum absolute atomic E-state index is 14.6. The van der Waals surface area contributed by atoms with Gasteiger partial charge in [-0.1, -0.05) is 0 Å². The Morgan fingerprint density at radius 2 is 1.82 bits per heavy atom. The number of pyridine rings is 1. The Labute approximate surface area is 199 Å². The molecule has 2 saturated heterocycles. The van der Waals surface area contributed by atoms with Crippen LogP contribution in [-0.2, 0) is 4.74 Å². The molecule has 0 atom stereocenters. The summed E-state index contributed by atoms with van der Waals surface area (Å²) in [5.41, 5.74) is 0.459. The number of carbonyl (C=O) groups excluding carboxylic acids is 2. The van der Waals surface area contributed by atoms with Gasteiger partial charge in [0.2, 0.25) is 0 Å². The van der Waals surface area contributed by atoms with Gasteiger partial charge in [0.1, 0.15) is 16.3 Å². The zero-order valence-corrected chi connectivity index (χ0v) is 20.1. The van der Waals surface area contributed by atoms with Crippen molar-refractivity contribution >= 4 is 39.7 Å². The normalized spacial score (nSPS) is 17.0. The van der Waals surface area contributed by atoms with Crippen LogP contribution in [0.2, 0.25) is 0 Å². The summed E-state index contributed by atoms with van der Waals surface area (Å²) >= 11 is 1.05. The molecule has 5 rings (SSSR count). The van der Waals surface area contributed by atoms with E-state index < -0.39 is 23.1 Å². The van der Waals surface area contributed by atoms with Crippen LogP contribution in [0.25, 0.3) is 5.65 Å². The minimum Gasteiger partial charge on any atom is -0.444 e. The molecule has 2 amide bonds. The summed E-state index contributed by atoms with van der Waals surface area (Å²) in [4.78, 5) is 32.5. The SMILES string of the molecule is Cc1cn2cc(NC(=O)c3sc(N4CC5(CN(C(=O)OC(C)(C)C)C5)C4)cc3F)cc(F)c2n1.